The molecular formula is C23H14F4N6O2. The number of ether oxygens (including phenoxy) is 2. The Morgan fingerprint density at radius 1 is 0.886 bits per heavy atom. The summed E-state index contributed by atoms with van der Waals surface area (Å²) in [6, 6.07) is 7.57. The van der Waals surface area contributed by atoms with Crippen molar-refractivity contribution < 1.29 is 27.0 Å². The van der Waals surface area contributed by atoms with Crippen molar-refractivity contribution in [1.82, 2.24) is 29.3 Å². The first-order valence-electron chi connectivity index (χ1n) is 10.1. The lowest BCUT2D eigenvalue weighted by atomic mass is 10.2. The second-order valence-corrected chi connectivity index (χ2v) is 7.24. The fourth-order valence-corrected chi connectivity index (χ4v) is 3.18. The standard InChI is InChI=1S/C23H14F4N6O2/c24-17-7-14(1-3-19(17)35-20-4-2-16(10-30-20)23(25,26)27)12-34-21-5-6-33-18(11-31-22(33)32-21)15-8-28-13-29-9-15/h1-11,13H,12H2. The van der Waals surface area contributed by atoms with E-state index in [1.807, 2.05) is 0 Å². The lowest BCUT2D eigenvalue weighted by Gasteiger charge is -2.10. The van der Waals surface area contributed by atoms with Gasteiger partial charge in [0.2, 0.25) is 17.5 Å². The number of alkyl halides is 3. The molecule has 0 amide bonds. The minimum atomic E-state index is -4.52. The van der Waals surface area contributed by atoms with Gasteiger partial charge in [-0.3, -0.25) is 4.40 Å². The summed E-state index contributed by atoms with van der Waals surface area (Å²) < 4.78 is 65.0. The Morgan fingerprint density at radius 2 is 1.71 bits per heavy atom. The molecule has 0 bridgehead atoms. The second-order valence-electron chi connectivity index (χ2n) is 7.24. The van der Waals surface area contributed by atoms with Crippen LogP contribution in [0.15, 0.2) is 73.7 Å². The predicted octanol–water partition coefficient (Wildman–Crippen LogP) is 5.11. The Bertz CT molecular complexity index is 1470. The largest absolute Gasteiger partial charge is 0.473 e. The van der Waals surface area contributed by atoms with E-state index >= 15 is 0 Å². The second kappa shape index (κ2) is 8.97. The number of benzene rings is 1. The van der Waals surface area contributed by atoms with E-state index in [2.05, 4.69) is 24.9 Å². The summed E-state index contributed by atoms with van der Waals surface area (Å²) in [5.41, 5.74) is 1.10. The number of aromatic nitrogens is 6. The number of rotatable bonds is 6. The van der Waals surface area contributed by atoms with Gasteiger partial charge in [0.25, 0.3) is 0 Å². The summed E-state index contributed by atoms with van der Waals surface area (Å²) in [5, 5.41) is 0. The van der Waals surface area contributed by atoms with Gasteiger partial charge >= 0.3 is 6.18 Å². The van der Waals surface area contributed by atoms with Crippen molar-refractivity contribution in [1.29, 1.82) is 0 Å². The Labute approximate surface area is 194 Å². The highest BCUT2D eigenvalue weighted by atomic mass is 19.4. The SMILES string of the molecule is Fc1cc(COc2ccn3c(-c4cncnc4)cnc3n2)ccc1Oc1ccc(C(F)(F)F)cn1. The molecule has 0 aliphatic heterocycles. The smallest absolute Gasteiger partial charge is 0.417 e. The van der Waals surface area contributed by atoms with Crippen LogP contribution in [0.2, 0.25) is 0 Å². The van der Waals surface area contributed by atoms with Crippen LogP contribution in [0.3, 0.4) is 0 Å². The van der Waals surface area contributed by atoms with E-state index in [9.17, 15) is 17.6 Å². The minimum Gasteiger partial charge on any atom is -0.473 e. The van der Waals surface area contributed by atoms with Gasteiger partial charge in [-0.2, -0.15) is 18.2 Å². The monoisotopic (exact) mass is 482 g/mol. The summed E-state index contributed by atoms with van der Waals surface area (Å²) in [6.45, 7) is 0.0129. The number of halogens is 4. The van der Waals surface area contributed by atoms with E-state index < -0.39 is 17.6 Å². The van der Waals surface area contributed by atoms with Crippen molar-refractivity contribution in [3.8, 4) is 28.8 Å². The summed E-state index contributed by atoms with van der Waals surface area (Å²) in [6.07, 6.45) is 4.24. The summed E-state index contributed by atoms with van der Waals surface area (Å²) in [5.74, 6) is -0.386. The molecule has 0 saturated carbocycles. The molecule has 0 fully saturated rings. The molecule has 12 heteroatoms. The molecule has 0 aliphatic rings. The Balaban J connectivity index is 1.25. The van der Waals surface area contributed by atoms with Crippen LogP contribution >= 0.6 is 0 Å². The van der Waals surface area contributed by atoms with Gasteiger partial charge in [-0.25, -0.2) is 24.3 Å². The molecule has 0 saturated heterocycles. The maximum atomic E-state index is 14.5. The average molecular weight is 482 g/mol. The molecule has 5 rings (SSSR count). The van der Waals surface area contributed by atoms with E-state index in [1.165, 1.54) is 18.5 Å². The normalized spacial score (nSPS) is 11.5. The van der Waals surface area contributed by atoms with Crippen molar-refractivity contribution in [2.75, 3.05) is 0 Å². The van der Waals surface area contributed by atoms with Crippen LogP contribution in [0.4, 0.5) is 17.6 Å². The summed E-state index contributed by atoms with van der Waals surface area (Å²) >= 11 is 0. The molecule has 1 aromatic carbocycles. The molecule has 0 atom stereocenters. The Kier molecular flexibility index (Phi) is 5.69. The lowest BCUT2D eigenvalue weighted by Crippen LogP contribution is -2.05. The average Bonchev–Trinajstić information content (AvgIpc) is 3.28. The first-order valence-corrected chi connectivity index (χ1v) is 10.1. The van der Waals surface area contributed by atoms with Crippen molar-refractivity contribution in [3.05, 3.63) is 90.7 Å². The van der Waals surface area contributed by atoms with Gasteiger partial charge in [-0.1, -0.05) is 6.07 Å². The van der Waals surface area contributed by atoms with E-state index in [0.29, 0.717) is 17.5 Å². The van der Waals surface area contributed by atoms with Crippen LogP contribution in [-0.4, -0.2) is 29.3 Å². The van der Waals surface area contributed by atoms with E-state index in [1.54, 1.807) is 41.3 Å². The molecule has 0 N–H and O–H groups in total. The van der Waals surface area contributed by atoms with Gasteiger partial charge in [-0.15, -0.1) is 0 Å². The van der Waals surface area contributed by atoms with E-state index in [-0.39, 0.29) is 24.1 Å². The molecule has 35 heavy (non-hydrogen) atoms. The molecular weight excluding hydrogens is 468 g/mol. The van der Waals surface area contributed by atoms with Gasteiger partial charge < -0.3 is 9.47 Å². The van der Waals surface area contributed by atoms with Crippen molar-refractivity contribution >= 4 is 5.78 Å². The van der Waals surface area contributed by atoms with Gasteiger partial charge in [0, 0.05) is 42.5 Å². The van der Waals surface area contributed by atoms with Crippen LogP contribution < -0.4 is 9.47 Å². The highest BCUT2D eigenvalue weighted by Crippen LogP contribution is 2.30. The van der Waals surface area contributed by atoms with Gasteiger partial charge in [0.05, 0.1) is 17.5 Å². The number of pyridine rings is 1. The number of fused-ring (bicyclic) bond motifs is 1. The Morgan fingerprint density at radius 3 is 2.43 bits per heavy atom. The molecule has 8 nitrogen and oxygen atoms in total. The third-order valence-corrected chi connectivity index (χ3v) is 4.87. The van der Waals surface area contributed by atoms with Crippen LogP contribution in [0.1, 0.15) is 11.1 Å². The maximum Gasteiger partial charge on any atom is 0.417 e. The highest BCUT2D eigenvalue weighted by molar-refractivity contribution is 5.60. The van der Waals surface area contributed by atoms with E-state index in [4.69, 9.17) is 9.47 Å². The van der Waals surface area contributed by atoms with Gasteiger partial charge in [0.1, 0.15) is 12.9 Å². The zero-order chi connectivity index (χ0) is 24.4. The number of hydrogen-bond donors (Lipinski definition) is 0. The zero-order valence-corrected chi connectivity index (χ0v) is 17.6. The molecule has 4 aromatic heterocycles. The molecule has 0 radical (unpaired) electrons. The van der Waals surface area contributed by atoms with Crippen molar-refractivity contribution in [2.45, 2.75) is 12.8 Å². The molecule has 5 aromatic rings. The van der Waals surface area contributed by atoms with Crippen LogP contribution in [0.5, 0.6) is 17.5 Å². The fraction of sp³-hybridized carbons (Fsp3) is 0.0870. The van der Waals surface area contributed by atoms with Crippen molar-refractivity contribution in [3.63, 3.8) is 0 Å². The summed E-state index contributed by atoms with van der Waals surface area (Å²) in [7, 11) is 0. The summed E-state index contributed by atoms with van der Waals surface area (Å²) in [4.78, 5) is 20.2. The first kappa shape index (κ1) is 22.2. The first-order chi connectivity index (χ1) is 16.9. The topological polar surface area (TPSA) is 87.3 Å². The highest BCUT2D eigenvalue weighted by Gasteiger charge is 2.30. The molecule has 176 valence electrons. The molecule has 0 unspecified atom stereocenters. The van der Waals surface area contributed by atoms with Crippen molar-refractivity contribution in [2.24, 2.45) is 0 Å². The zero-order valence-electron chi connectivity index (χ0n) is 17.6. The third-order valence-electron chi connectivity index (χ3n) is 4.87. The number of hydrogen-bond acceptors (Lipinski definition) is 7. The molecule has 4 heterocycles. The fourth-order valence-electron chi connectivity index (χ4n) is 3.18. The van der Waals surface area contributed by atoms with Crippen LogP contribution in [-0.2, 0) is 12.8 Å². The predicted molar refractivity (Wildman–Crippen MR) is 114 cm³/mol. The van der Waals surface area contributed by atoms with Gasteiger partial charge in [-0.05, 0) is 23.8 Å². The Hall–Kier alpha value is -4.61. The minimum absolute atomic E-state index is 0.0129. The third kappa shape index (κ3) is 4.86. The number of imidazole rings is 1. The quantitative estimate of drug-likeness (QED) is 0.311. The lowest BCUT2D eigenvalue weighted by molar-refractivity contribution is -0.137. The maximum absolute atomic E-state index is 14.5. The molecule has 0 spiro atoms. The number of nitrogens with zero attached hydrogens (tertiary/aromatic N) is 6. The van der Waals surface area contributed by atoms with Gasteiger partial charge in [0.15, 0.2) is 11.6 Å². The van der Waals surface area contributed by atoms with Crippen LogP contribution in [0, 0.1) is 5.82 Å². The van der Waals surface area contributed by atoms with E-state index in [0.717, 1.165) is 23.4 Å². The molecule has 0 aliphatic carbocycles. The van der Waals surface area contributed by atoms with Crippen LogP contribution in [0.25, 0.3) is 17.0 Å².